The Morgan fingerprint density at radius 1 is 1.16 bits per heavy atom. The van der Waals surface area contributed by atoms with Gasteiger partial charge in [-0.3, -0.25) is 4.79 Å². The van der Waals surface area contributed by atoms with Crippen LogP contribution in [-0.2, 0) is 5.41 Å². The number of amides is 1. The number of thiophene rings is 1. The van der Waals surface area contributed by atoms with Crippen molar-refractivity contribution in [2.75, 3.05) is 6.54 Å². The Morgan fingerprint density at radius 3 is 2.56 bits per heavy atom. The largest absolute Gasteiger partial charge is 0.350 e. The predicted octanol–water partition coefficient (Wildman–Crippen LogP) is 4.08. The molecule has 0 saturated heterocycles. The normalized spacial score (nSPS) is 15.3. The number of carbonyl (C=O) groups excluding carboxylic acids is 1. The molecule has 2 aromatic heterocycles. The number of hydrogen-bond acceptors (Lipinski definition) is 4. The van der Waals surface area contributed by atoms with E-state index in [0.717, 1.165) is 45.0 Å². The summed E-state index contributed by atoms with van der Waals surface area (Å²) < 4.78 is 0. The summed E-state index contributed by atoms with van der Waals surface area (Å²) in [5.41, 5.74) is 3.37. The number of nitrogens with zero attached hydrogens (tertiary/aromatic N) is 2. The van der Waals surface area contributed by atoms with Crippen molar-refractivity contribution in [2.45, 2.75) is 39.0 Å². The summed E-state index contributed by atoms with van der Waals surface area (Å²) in [6.45, 7) is 6.54. The fourth-order valence-corrected chi connectivity index (χ4v) is 4.72. The zero-order chi connectivity index (χ0) is 17.6. The molecule has 0 radical (unpaired) electrons. The maximum Gasteiger partial charge on any atom is 0.261 e. The van der Waals surface area contributed by atoms with E-state index in [1.807, 2.05) is 26.8 Å². The molecule has 0 bridgehead atoms. The molecule has 128 valence electrons. The van der Waals surface area contributed by atoms with Crippen LogP contribution in [0.3, 0.4) is 0 Å². The zero-order valence-electron chi connectivity index (χ0n) is 14.7. The third-order valence-electron chi connectivity index (χ3n) is 5.12. The molecular weight excluding hydrogens is 330 g/mol. The van der Waals surface area contributed by atoms with Gasteiger partial charge in [-0.1, -0.05) is 30.3 Å². The molecule has 1 aromatic carbocycles. The van der Waals surface area contributed by atoms with Gasteiger partial charge in [-0.05, 0) is 44.7 Å². The SMILES string of the molecule is Cc1nc(C)c2c(C)c(C(=O)NCC3(c4ccccc4)CC3)sc2n1. The van der Waals surface area contributed by atoms with E-state index in [9.17, 15) is 4.79 Å². The molecule has 1 fully saturated rings. The first-order valence-electron chi connectivity index (χ1n) is 8.58. The molecule has 0 atom stereocenters. The number of carbonyl (C=O) groups is 1. The predicted molar refractivity (Wildman–Crippen MR) is 101 cm³/mol. The highest BCUT2D eigenvalue weighted by Crippen LogP contribution is 2.47. The van der Waals surface area contributed by atoms with Crippen molar-refractivity contribution >= 4 is 27.5 Å². The summed E-state index contributed by atoms with van der Waals surface area (Å²) >= 11 is 1.46. The number of benzene rings is 1. The summed E-state index contributed by atoms with van der Waals surface area (Å²) in [6, 6.07) is 10.5. The summed E-state index contributed by atoms with van der Waals surface area (Å²) in [6.07, 6.45) is 2.26. The minimum atomic E-state index is -0.000223. The summed E-state index contributed by atoms with van der Waals surface area (Å²) in [5.74, 6) is 0.749. The lowest BCUT2D eigenvalue weighted by atomic mass is 9.96. The first-order valence-corrected chi connectivity index (χ1v) is 9.40. The molecule has 1 amide bonds. The molecule has 0 unspecified atom stereocenters. The summed E-state index contributed by atoms with van der Waals surface area (Å²) in [5, 5.41) is 4.18. The number of rotatable bonds is 4. The van der Waals surface area contributed by atoms with Gasteiger partial charge in [0, 0.05) is 23.0 Å². The van der Waals surface area contributed by atoms with Gasteiger partial charge in [0.2, 0.25) is 0 Å². The molecule has 0 spiro atoms. The lowest BCUT2D eigenvalue weighted by molar-refractivity contribution is 0.0953. The van der Waals surface area contributed by atoms with Crippen molar-refractivity contribution in [3.05, 3.63) is 57.9 Å². The van der Waals surface area contributed by atoms with Crippen LogP contribution in [-0.4, -0.2) is 22.4 Å². The molecule has 1 aliphatic carbocycles. The summed E-state index contributed by atoms with van der Waals surface area (Å²) in [4.78, 5) is 23.4. The quantitative estimate of drug-likeness (QED) is 0.770. The highest BCUT2D eigenvalue weighted by molar-refractivity contribution is 7.20. The molecule has 5 heteroatoms. The van der Waals surface area contributed by atoms with Crippen molar-refractivity contribution in [1.29, 1.82) is 0 Å². The number of aryl methyl sites for hydroxylation is 3. The number of aromatic nitrogens is 2. The maximum atomic E-state index is 12.8. The molecule has 1 aliphatic rings. The van der Waals surface area contributed by atoms with Gasteiger partial charge in [-0.25, -0.2) is 9.97 Å². The van der Waals surface area contributed by atoms with Crippen LogP contribution >= 0.6 is 11.3 Å². The number of nitrogens with one attached hydrogen (secondary N) is 1. The van der Waals surface area contributed by atoms with Crippen molar-refractivity contribution in [3.8, 4) is 0 Å². The zero-order valence-corrected chi connectivity index (χ0v) is 15.5. The lowest BCUT2D eigenvalue weighted by Crippen LogP contribution is -2.32. The van der Waals surface area contributed by atoms with Crippen LogP contribution in [0, 0.1) is 20.8 Å². The fraction of sp³-hybridized carbons (Fsp3) is 0.350. The molecule has 4 nitrogen and oxygen atoms in total. The van der Waals surface area contributed by atoms with E-state index in [0.29, 0.717) is 6.54 Å². The first kappa shape index (κ1) is 16.2. The highest BCUT2D eigenvalue weighted by atomic mass is 32.1. The van der Waals surface area contributed by atoms with E-state index >= 15 is 0 Å². The molecule has 0 aliphatic heterocycles. The second kappa shape index (κ2) is 5.92. The monoisotopic (exact) mass is 351 g/mol. The summed E-state index contributed by atoms with van der Waals surface area (Å²) in [7, 11) is 0. The molecule has 25 heavy (non-hydrogen) atoms. The Labute approximate surface area is 151 Å². The van der Waals surface area contributed by atoms with E-state index in [4.69, 9.17) is 0 Å². The molecular formula is C20H21N3OS. The Hall–Kier alpha value is -2.27. The second-order valence-electron chi connectivity index (χ2n) is 6.92. The van der Waals surface area contributed by atoms with Gasteiger partial charge in [-0.2, -0.15) is 0 Å². The maximum absolute atomic E-state index is 12.8. The van der Waals surface area contributed by atoms with Gasteiger partial charge in [0.15, 0.2) is 0 Å². The smallest absolute Gasteiger partial charge is 0.261 e. The molecule has 2 heterocycles. The lowest BCUT2D eigenvalue weighted by Gasteiger charge is -2.16. The molecule has 4 rings (SSSR count). The average Bonchev–Trinajstić information content (AvgIpc) is 3.31. The minimum absolute atomic E-state index is 0.000223. The van der Waals surface area contributed by atoms with Gasteiger partial charge in [0.1, 0.15) is 10.7 Å². The average molecular weight is 351 g/mol. The van der Waals surface area contributed by atoms with E-state index in [2.05, 4.69) is 39.6 Å². The van der Waals surface area contributed by atoms with Crippen molar-refractivity contribution in [3.63, 3.8) is 0 Å². The first-order chi connectivity index (χ1) is 12.0. The Bertz CT molecular complexity index is 958. The van der Waals surface area contributed by atoms with Crippen LogP contribution in [0.25, 0.3) is 10.2 Å². The standard InChI is InChI=1S/C20H21N3OS/c1-12-16-13(2)22-14(3)23-19(16)25-17(12)18(24)21-11-20(9-10-20)15-7-5-4-6-8-15/h4-8H,9-11H2,1-3H3,(H,21,24). The van der Waals surface area contributed by atoms with Gasteiger partial charge >= 0.3 is 0 Å². The molecule has 1 saturated carbocycles. The van der Waals surface area contributed by atoms with Crippen molar-refractivity contribution in [2.24, 2.45) is 0 Å². The van der Waals surface area contributed by atoms with Crippen molar-refractivity contribution < 1.29 is 4.79 Å². The van der Waals surface area contributed by atoms with E-state index in [1.165, 1.54) is 16.9 Å². The second-order valence-corrected chi connectivity index (χ2v) is 7.92. The molecule has 1 N–H and O–H groups in total. The third kappa shape index (κ3) is 2.82. The van der Waals surface area contributed by atoms with Crippen LogP contribution < -0.4 is 5.32 Å². The van der Waals surface area contributed by atoms with Gasteiger partial charge < -0.3 is 5.32 Å². The number of hydrogen-bond donors (Lipinski definition) is 1. The Morgan fingerprint density at radius 2 is 1.88 bits per heavy atom. The highest BCUT2D eigenvalue weighted by Gasteiger charge is 2.44. The Balaban J connectivity index is 1.57. The van der Waals surface area contributed by atoms with Crippen LogP contribution in [0.4, 0.5) is 0 Å². The van der Waals surface area contributed by atoms with Crippen LogP contribution in [0.2, 0.25) is 0 Å². The number of fused-ring (bicyclic) bond motifs is 1. The van der Waals surface area contributed by atoms with Gasteiger partial charge in [0.05, 0.1) is 4.88 Å². The van der Waals surface area contributed by atoms with Crippen LogP contribution in [0.15, 0.2) is 30.3 Å². The Kier molecular flexibility index (Phi) is 3.84. The fourth-order valence-electron chi connectivity index (χ4n) is 3.53. The minimum Gasteiger partial charge on any atom is -0.350 e. The van der Waals surface area contributed by atoms with Crippen molar-refractivity contribution in [1.82, 2.24) is 15.3 Å². The van der Waals surface area contributed by atoms with Crippen LogP contribution in [0.1, 0.15) is 45.2 Å². The van der Waals surface area contributed by atoms with E-state index < -0.39 is 0 Å². The third-order valence-corrected chi connectivity index (χ3v) is 6.30. The topological polar surface area (TPSA) is 54.9 Å². The van der Waals surface area contributed by atoms with E-state index in [1.54, 1.807) is 0 Å². The van der Waals surface area contributed by atoms with Gasteiger partial charge in [0.25, 0.3) is 5.91 Å². The van der Waals surface area contributed by atoms with Gasteiger partial charge in [-0.15, -0.1) is 11.3 Å². The molecule has 3 aromatic rings. The van der Waals surface area contributed by atoms with Crippen LogP contribution in [0.5, 0.6) is 0 Å². The van der Waals surface area contributed by atoms with E-state index in [-0.39, 0.29) is 11.3 Å².